The van der Waals surface area contributed by atoms with Gasteiger partial charge in [0.05, 0.1) is 0 Å². The molecular formula is C17H16ClN. The van der Waals surface area contributed by atoms with Gasteiger partial charge in [-0.1, -0.05) is 35.4 Å². The zero-order chi connectivity index (χ0) is 13.4. The van der Waals surface area contributed by atoms with Crippen molar-refractivity contribution in [3.63, 3.8) is 0 Å². The minimum absolute atomic E-state index is 0.779. The molecule has 0 N–H and O–H groups in total. The Hall–Kier alpha value is -1.73. The van der Waals surface area contributed by atoms with E-state index in [0.29, 0.717) is 0 Å². The van der Waals surface area contributed by atoms with E-state index in [1.54, 1.807) is 0 Å². The lowest BCUT2D eigenvalue weighted by molar-refractivity contribution is 0.805. The number of aromatic nitrogens is 1. The van der Waals surface area contributed by atoms with Crippen molar-refractivity contribution in [2.24, 2.45) is 0 Å². The van der Waals surface area contributed by atoms with Gasteiger partial charge in [0, 0.05) is 28.2 Å². The molecule has 0 unspecified atom stereocenters. The summed E-state index contributed by atoms with van der Waals surface area (Å²) in [7, 11) is 0. The molecule has 0 bridgehead atoms. The van der Waals surface area contributed by atoms with Crippen LogP contribution in [-0.2, 0) is 6.54 Å². The lowest BCUT2D eigenvalue weighted by atomic mass is 10.1. The first-order chi connectivity index (χ1) is 9.19. The van der Waals surface area contributed by atoms with Gasteiger partial charge in [-0.2, -0.15) is 0 Å². The third-order valence-corrected chi connectivity index (χ3v) is 3.73. The van der Waals surface area contributed by atoms with Gasteiger partial charge in [0.2, 0.25) is 0 Å². The maximum Gasteiger partial charge on any atom is 0.0491 e. The quantitative estimate of drug-likeness (QED) is 0.596. The molecule has 19 heavy (non-hydrogen) atoms. The number of rotatable bonds is 2. The number of nitrogens with zero attached hydrogens (tertiary/aromatic N) is 1. The van der Waals surface area contributed by atoms with E-state index in [1.807, 2.05) is 18.2 Å². The number of halogens is 1. The second kappa shape index (κ2) is 4.75. The molecule has 96 valence electrons. The van der Waals surface area contributed by atoms with Gasteiger partial charge in [-0.05, 0) is 49.7 Å². The van der Waals surface area contributed by atoms with Crippen LogP contribution in [0.25, 0.3) is 22.2 Å². The summed E-state index contributed by atoms with van der Waals surface area (Å²) in [6.45, 7) is 5.25. The van der Waals surface area contributed by atoms with Crippen molar-refractivity contribution in [2.75, 3.05) is 0 Å². The molecule has 0 saturated heterocycles. The molecule has 1 aromatic heterocycles. The van der Waals surface area contributed by atoms with Crippen molar-refractivity contribution in [2.45, 2.75) is 20.4 Å². The van der Waals surface area contributed by atoms with E-state index in [4.69, 9.17) is 11.6 Å². The first-order valence-electron chi connectivity index (χ1n) is 6.55. The summed E-state index contributed by atoms with van der Waals surface area (Å²) < 4.78 is 2.33. The number of aryl methyl sites for hydroxylation is 2. The first-order valence-corrected chi connectivity index (χ1v) is 6.92. The summed E-state index contributed by atoms with van der Waals surface area (Å²) in [5.41, 5.74) is 4.97. The van der Waals surface area contributed by atoms with Crippen LogP contribution in [0.1, 0.15) is 12.5 Å². The van der Waals surface area contributed by atoms with Gasteiger partial charge >= 0.3 is 0 Å². The SMILES string of the molecule is CCn1c(-c2cccc(Cl)c2)cc2cc(C)ccc21. The molecule has 0 aliphatic carbocycles. The minimum Gasteiger partial charge on any atom is -0.341 e. The smallest absolute Gasteiger partial charge is 0.0491 e. The molecule has 0 fully saturated rings. The molecule has 0 saturated carbocycles. The van der Waals surface area contributed by atoms with E-state index in [-0.39, 0.29) is 0 Å². The predicted octanol–water partition coefficient (Wildman–Crippen LogP) is 5.29. The number of benzene rings is 2. The lowest BCUT2D eigenvalue weighted by Crippen LogP contribution is -1.96. The van der Waals surface area contributed by atoms with Crippen LogP contribution in [0.3, 0.4) is 0 Å². The summed E-state index contributed by atoms with van der Waals surface area (Å²) in [5.74, 6) is 0. The summed E-state index contributed by atoms with van der Waals surface area (Å²) in [6.07, 6.45) is 0. The fraction of sp³-hybridized carbons (Fsp3) is 0.176. The van der Waals surface area contributed by atoms with Crippen LogP contribution < -0.4 is 0 Å². The second-order valence-corrected chi connectivity index (χ2v) is 5.28. The van der Waals surface area contributed by atoms with E-state index in [1.165, 1.54) is 27.7 Å². The molecule has 0 aliphatic rings. The van der Waals surface area contributed by atoms with Crippen molar-refractivity contribution >= 4 is 22.5 Å². The molecule has 0 atom stereocenters. The second-order valence-electron chi connectivity index (χ2n) is 4.85. The molecule has 3 aromatic rings. The molecule has 2 heteroatoms. The van der Waals surface area contributed by atoms with Gasteiger partial charge < -0.3 is 4.57 Å². The number of hydrogen-bond donors (Lipinski definition) is 0. The zero-order valence-electron chi connectivity index (χ0n) is 11.2. The van der Waals surface area contributed by atoms with Gasteiger partial charge in [0.25, 0.3) is 0 Å². The standard InChI is InChI=1S/C17H16ClN/c1-3-19-16-8-7-12(2)9-14(16)11-17(19)13-5-4-6-15(18)10-13/h4-11H,3H2,1-2H3. The minimum atomic E-state index is 0.779. The Morgan fingerprint density at radius 2 is 1.89 bits per heavy atom. The van der Waals surface area contributed by atoms with Crippen LogP contribution in [-0.4, -0.2) is 4.57 Å². The summed E-state index contributed by atoms with van der Waals surface area (Å²) in [5, 5.41) is 2.07. The summed E-state index contributed by atoms with van der Waals surface area (Å²) in [6, 6.07) is 16.9. The largest absolute Gasteiger partial charge is 0.341 e. The Morgan fingerprint density at radius 1 is 1.05 bits per heavy atom. The fourth-order valence-corrected chi connectivity index (χ4v) is 2.81. The van der Waals surface area contributed by atoms with Crippen LogP contribution in [0.15, 0.2) is 48.5 Å². The molecular weight excluding hydrogens is 254 g/mol. The van der Waals surface area contributed by atoms with Crippen LogP contribution in [0.4, 0.5) is 0 Å². The Balaban J connectivity index is 2.28. The highest BCUT2D eigenvalue weighted by molar-refractivity contribution is 6.30. The van der Waals surface area contributed by atoms with Crippen molar-refractivity contribution in [3.8, 4) is 11.3 Å². The molecule has 0 amide bonds. The van der Waals surface area contributed by atoms with Crippen molar-refractivity contribution in [1.82, 2.24) is 4.57 Å². The van der Waals surface area contributed by atoms with Crippen molar-refractivity contribution < 1.29 is 0 Å². The van der Waals surface area contributed by atoms with E-state index in [2.05, 4.69) is 48.7 Å². The molecule has 2 aromatic carbocycles. The van der Waals surface area contributed by atoms with Gasteiger partial charge in [-0.3, -0.25) is 0 Å². The molecule has 0 aliphatic heterocycles. The van der Waals surface area contributed by atoms with Gasteiger partial charge in [0.1, 0.15) is 0 Å². The monoisotopic (exact) mass is 269 g/mol. The average Bonchev–Trinajstić information content (AvgIpc) is 2.76. The van der Waals surface area contributed by atoms with Crippen LogP contribution in [0.2, 0.25) is 5.02 Å². The third kappa shape index (κ3) is 2.15. The fourth-order valence-electron chi connectivity index (χ4n) is 2.62. The molecule has 3 rings (SSSR count). The molecule has 0 radical (unpaired) electrons. The van der Waals surface area contributed by atoms with Gasteiger partial charge in [0.15, 0.2) is 0 Å². The molecule has 1 heterocycles. The summed E-state index contributed by atoms with van der Waals surface area (Å²) in [4.78, 5) is 0. The average molecular weight is 270 g/mol. The highest BCUT2D eigenvalue weighted by Crippen LogP contribution is 2.30. The maximum absolute atomic E-state index is 6.10. The summed E-state index contributed by atoms with van der Waals surface area (Å²) >= 11 is 6.10. The Kier molecular flexibility index (Phi) is 3.08. The zero-order valence-corrected chi connectivity index (χ0v) is 11.9. The van der Waals surface area contributed by atoms with Gasteiger partial charge in [-0.15, -0.1) is 0 Å². The molecule has 1 nitrogen and oxygen atoms in total. The van der Waals surface area contributed by atoms with Crippen LogP contribution >= 0.6 is 11.6 Å². The number of fused-ring (bicyclic) bond motifs is 1. The molecule has 0 spiro atoms. The van der Waals surface area contributed by atoms with E-state index in [0.717, 1.165) is 11.6 Å². The Labute approximate surface area is 118 Å². The lowest BCUT2D eigenvalue weighted by Gasteiger charge is -2.08. The van der Waals surface area contributed by atoms with E-state index >= 15 is 0 Å². The van der Waals surface area contributed by atoms with Crippen molar-refractivity contribution in [3.05, 3.63) is 59.1 Å². The van der Waals surface area contributed by atoms with E-state index < -0.39 is 0 Å². The highest BCUT2D eigenvalue weighted by Gasteiger charge is 2.09. The maximum atomic E-state index is 6.10. The third-order valence-electron chi connectivity index (χ3n) is 3.49. The van der Waals surface area contributed by atoms with Crippen LogP contribution in [0, 0.1) is 6.92 Å². The van der Waals surface area contributed by atoms with Crippen LogP contribution in [0.5, 0.6) is 0 Å². The predicted molar refractivity (Wildman–Crippen MR) is 82.8 cm³/mol. The first kappa shape index (κ1) is 12.3. The number of hydrogen-bond acceptors (Lipinski definition) is 0. The highest BCUT2D eigenvalue weighted by atomic mass is 35.5. The normalized spacial score (nSPS) is 11.1. The Morgan fingerprint density at radius 3 is 2.63 bits per heavy atom. The van der Waals surface area contributed by atoms with E-state index in [9.17, 15) is 0 Å². The van der Waals surface area contributed by atoms with Crippen molar-refractivity contribution in [1.29, 1.82) is 0 Å². The Bertz CT molecular complexity index is 740. The topological polar surface area (TPSA) is 4.93 Å². The van der Waals surface area contributed by atoms with Gasteiger partial charge in [-0.25, -0.2) is 0 Å².